The van der Waals surface area contributed by atoms with Crippen LogP contribution in [0.3, 0.4) is 0 Å². The minimum Gasteiger partial charge on any atom is -0.461 e. The van der Waals surface area contributed by atoms with Crippen LogP contribution >= 0.6 is 11.8 Å². The number of aromatic nitrogens is 3. The number of hydrogen-bond acceptors (Lipinski definition) is 6. The maximum absolute atomic E-state index is 13.1. The molecule has 4 rings (SSSR count). The van der Waals surface area contributed by atoms with Gasteiger partial charge in [0.25, 0.3) is 0 Å². The number of rotatable bonds is 7. The first-order valence-corrected chi connectivity index (χ1v) is 10.8. The molecule has 32 heavy (non-hydrogen) atoms. The van der Waals surface area contributed by atoms with Gasteiger partial charge >= 0.3 is 0 Å². The van der Waals surface area contributed by atoms with Crippen LogP contribution in [0.25, 0.3) is 17.3 Å². The zero-order valence-electron chi connectivity index (χ0n) is 17.4. The van der Waals surface area contributed by atoms with Crippen molar-refractivity contribution >= 4 is 23.9 Å². The lowest BCUT2D eigenvalue weighted by Gasteiger charge is -2.08. The van der Waals surface area contributed by atoms with Crippen LogP contribution in [0.2, 0.25) is 0 Å². The molecular weight excluding hydrogens is 429 g/mol. The predicted octanol–water partition coefficient (Wildman–Crippen LogP) is 4.49. The molecule has 7 nitrogen and oxygen atoms in total. The zero-order valence-corrected chi connectivity index (χ0v) is 18.2. The second-order valence-corrected chi connectivity index (χ2v) is 7.53. The Labute approximate surface area is 189 Å². The molecule has 0 aliphatic heterocycles. The van der Waals surface area contributed by atoms with Crippen molar-refractivity contribution in [3.8, 4) is 17.3 Å². The second kappa shape index (κ2) is 11.1. The van der Waals surface area contributed by atoms with E-state index < -0.39 is 5.91 Å². The van der Waals surface area contributed by atoms with E-state index in [1.54, 1.807) is 28.8 Å². The van der Waals surface area contributed by atoms with Crippen molar-refractivity contribution in [2.24, 2.45) is 5.73 Å². The van der Waals surface area contributed by atoms with Gasteiger partial charge in [-0.05, 0) is 53.9 Å². The highest BCUT2D eigenvalue weighted by Crippen LogP contribution is 2.28. The van der Waals surface area contributed by atoms with Crippen LogP contribution in [0.15, 0.2) is 76.5 Å². The molecule has 2 aromatic carbocycles. The lowest BCUT2D eigenvalue weighted by Crippen LogP contribution is -2.13. The molecular formula is C23H22FN5O2S. The number of halogens is 1. The summed E-state index contributed by atoms with van der Waals surface area (Å²) in [5.41, 5.74) is 8.12. The second-order valence-electron chi connectivity index (χ2n) is 6.59. The van der Waals surface area contributed by atoms with Crippen molar-refractivity contribution in [3.63, 3.8) is 0 Å². The van der Waals surface area contributed by atoms with Crippen molar-refractivity contribution in [2.45, 2.75) is 18.5 Å². The van der Waals surface area contributed by atoms with Gasteiger partial charge in [0.1, 0.15) is 5.82 Å². The molecule has 0 aliphatic rings. The molecule has 0 saturated carbocycles. The van der Waals surface area contributed by atoms with Gasteiger partial charge in [-0.1, -0.05) is 43.0 Å². The lowest BCUT2D eigenvalue weighted by atomic mass is 10.1. The Morgan fingerprint density at radius 2 is 1.88 bits per heavy atom. The predicted molar refractivity (Wildman–Crippen MR) is 123 cm³/mol. The largest absolute Gasteiger partial charge is 0.461 e. The van der Waals surface area contributed by atoms with Gasteiger partial charge in [0.2, 0.25) is 11.7 Å². The van der Waals surface area contributed by atoms with E-state index in [2.05, 4.69) is 29.3 Å². The number of amides is 1. The van der Waals surface area contributed by atoms with E-state index in [9.17, 15) is 9.18 Å². The number of hydrogen-bond donors (Lipinski definition) is 2. The summed E-state index contributed by atoms with van der Waals surface area (Å²) in [6.07, 6.45) is 3.95. The van der Waals surface area contributed by atoms with Crippen LogP contribution in [0.5, 0.6) is 0 Å². The first-order valence-electron chi connectivity index (χ1n) is 9.77. The topological polar surface area (TPSA) is 111 Å². The number of furan rings is 1. The lowest BCUT2D eigenvalue weighted by molar-refractivity contribution is -0.115. The molecule has 3 N–H and O–H groups in total. The van der Waals surface area contributed by atoms with Crippen molar-refractivity contribution in [1.82, 2.24) is 14.8 Å². The fourth-order valence-corrected chi connectivity index (χ4v) is 3.43. The molecule has 0 atom stereocenters. The first kappa shape index (κ1) is 23.0. The number of primary amides is 1. The molecule has 2 heterocycles. The van der Waals surface area contributed by atoms with E-state index in [1.807, 2.05) is 12.1 Å². The van der Waals surface area contributed by atoms with Crippen molar-refractivity contribution < 1.29 is 13.6 Å². The van der Waals surface area contributed by atoms with Gasteiger partial charge in [0.15, 0.2) is 10.9 Å². The number of carbonyl (C=O) groups excluding carboxylic acids is 1. The minimum atomic E-state index is -0.460. The molecule has 0 bridgehead atoms. The Balaban J connectivity index is 0.000000243. The highest BCUT2D eigenvalue weighted by Gasteiger charge is 2.18. The molecule has 2 aromatic heterocycles. The van der Waals surface area contributed by atoms with E-state index in [4.69, 9.17) is 15.6 Å². The third kappa shape index (κ3) is 5.92. The number of thioether (sulfide) groups is 1. The highest BCUT2D eigenvalue weighted by atomic mass is 32.2. The molecule has 0 spiro atoms. The van der Waals surface area contributed by atoms with Gasteiger partial charge in [0, 0.05) is 6.21 Å². The van der Waals surface area contributed by atoms with Crippen LogP contribution < -0.4 is 5.73 Å². The molecule has 164 valence electrons. The number of nitrogens with two attached hydrogens (primary N) is 1. The smallest absolute Gasteiger partial charge is 0.227 e. The van der Waals surface area contributed by atoms with Crippen molar-refractivity contribution in [3.05, 3.63) is 83.9 Å². The highest BCUT2D eigenvalue weighted by molar-refractivity contribution is 7.99. The van der Waals surface area contributed by atoms with Gasteiger partial charge < -0.3 is 15.6 Å². The summed E-state index contributed by atoms with van der Waals surface area (Å²) in [5, 5.41) is 15.6. The van der Waals surface area contributed by atoms with Crippen LogP contribution in [-0.2, 0) is 11.2 Å². The summed E-state index contributed by atoms with van der Waals surface area (Å²) >= 11 is 1.15. The maximum atomic E-state index is 13.1. The monoisotopic (exact) mass is 451 g/mol. The van der Waals surface area contributed by atoms with Gasteiger partial charge in [-0.25, -0.2) is 4.39 Å². The quantitative estimate of drug-likeness (QED) is 0.318. The fourth-order valence-electron chi connectivity index (χ4n) is 2.74. The van der Waals surface area contributed by atoms with Crippen LogP contribution in [0.1, 0.15) is 18.1 Å². The van der Waals surface area contributed by atoms with Crippen molar-refractivity contribution in [1.29, 1.82) is 5.41 Å². The van der Waals surface area contributed by atoms with E-state index in [-0.39, 0.29) is 11.6 Å². The Morgan fingerprint density at radius 1 is 1.16 bits per heavy atom. The molecule has 1 amide bonds. The number of nitrogens with zero attached hydrogens (tertiary/aromatic N) is 3. The summed E-state index contributed by atoms with van der Waals surface area (Å²) < 4.78 is 20.2. The summed E-state index contributed by atoms with van der Waals surface area (Å²) in [4.78, 5) is 11.0. The molecule has 0 unspecified atom stereocenters. The number of carbonyl (C=O) groups is 1. The standard InChI is InChI=1S/C14H11FN4O2S.C9H11N/c15-9-3-5-10(6-4-9)19-13(11-2-1-7-21-11)17-18-14(19)22-8-12(16)20;1-2-8-3-5-9(7-10)6-4-8/h1-7H,8H2,(H2,16,20);3-7,10H,2H2,1H3. The van der Waals surface area contributed by atoms with E-state index >= 15 is 0 Å². The third-order valence-electron chi connectivity index (χ3n) is 4.36. The van der Waals surface area contributed by atoms with Crippen LogP contribution in [0.4, 0.5) is 4.39 Å². The van der Waals surface area contributed by atoms with Crippen LogP contribution in [-0.4, -0.2) is 32.6 Å². The molecule has 0 radical (unpaired) electrons. The SMILES string of the molecule is CCc1ccc(C=N)cc1.NC(=O)CSc1nnc(-c2ccco2)n1-c1ccc(F)cc1. The molecule has 0 fully saturated rings. The Kier molecular flexibility index (Phi) is 7.93. The Hall–Kier alpha value is -3.72. The summed E-state index contributed by atoms with van der Waals surface area (Å²) in [6, 6.07) is 17.4. The Morgan fingerprint density at radius 3 is 2.44 bits per heavy atom. The molecule has 0 saturated heterocycles. The van der Waals surface area contributed by atoms with Gasteiger partial charge in [0.05, 0.1) is 17.7 Å². The number of nitrogens with one attached hydrogen (secondary N) is 1. The first-order chi connectivity index (χ1) is 15.5. The molecule has 4 aromatic rings. The minimum absolute atomic E-state index is 0.0669. The zero-order chi connectivity index (χ0) is 22.9. The van der Waals surface area contributed by atoms with E-state index in [1.165, 1.54) is 30.2 Å². The maximum Gasteiger partial charge on any atom is 0.227 e. The van der Waals surface area contributed by atoms with Crippen molar-refractivity contribution in [2.75, 3.05) is 5.75 Å². The van der Waals surface area contributed by atoms with Gasteiger partial charge in [-0.2, -0.15) is 0 Å². The summed E-state index contributed by atoms with van der Waals surface area (Å²) in [5.74, 6) is 0.240. The van der Waals surface area contributed by atoms with E-state index in [0.717, 1.165) is 23.7 Å². The average molecular weight is 452 g/mol. The van der Waals surface area contributed by atoms with Gasteiger partial charge in [-0.15, -0.1) is 10.2 Å². The average Bonchev–Trinajstić information content (AvgIpc) is 3.48. The number of benzene rings is 2. The molecule has 0 aliphatic carbocycles. The fraction of sp³-hybridized carbons (Fsp3) is 0.130. The van der Waals surface area contributed by atoms with Gasteiger partial charge in [-0.3, -0.25) is 9.36 Å². The Bertz CT molecular complexity index is 1160. The van der Waals surface area contributed by atoms with E-state index in [0.29, 0.717) is 22.4 Å². The van der Waals surface area contributed by atoms with Crippen LogP contribution in [0, 0.1) is 11.2 Å². The summed E-state index contributed by atoms with van der Waals surface area (Å²) in [7, 11) is 0. The molecule has 9 heteroatoms. The summed E-state index contributed by atoms with van der Waals surface area (Å²) in [6.45, 7) is 2.12. The normalized spacial score (nSPS) is 10.3. The number of aryl methyl sites for hydroxylation is 1. The third-order valence-corrected chi connectivity index (χ3v) is 5.31.